The molecular weight excluding hydrogens is 200 g/mol. The van der Waals surface area contributed by atoms with Crippen molar-refractivity contribution in [1.29, 1.82) is 0 Å². The number of nitrogens with zero attached hydrogens (tertiary/aromatic N) is 1. The maximum absolute atomic E-state index is 11.3. The second kappa shape index (κ2) is 3.38. The molecule has 80 valence electrons. The number of hydrogen-bond acceptors (Lipinski definition) is 2. The third kappa shape index (κ3) is 1.89. The van der Waals surface area contributed by atoms with E-state index < -0.39 is 0 Å². The Morgan fingerprint density at radius 3 is 2.71 bits per heavy atom. The second-order valence-corrected chi connectivity index (χ2v) is 5.35. The summed E-state index contributed by atoms with van der Waals surface area (Å²) in [5.74, 6) is 0.231. The van der Waals surface area contributed by atoms with E-state index in [1.54, 1.807) is 4.90 Å². The van der Waals surface area contributed by atoms with Gasteiger partial charge in [0, 0.05) is 32.1 Å². The lowest BCUT2D eigenvalue weighted by molar-refractivity contribution is -0.126. The van der Waals surface area contributed by atoms with Crippen molar-refractivity contribution in [3.8, 4) is 0 Å². The predicted molar refractivity (Wildman–Crippen MR) is 56.5 cm³/mol. The van der Waals surface area contributed by atoms with Gasteiger partial charge in [0.15, 0.2) is 0 Å². The lowest BCUT2D eigenvalue weighted by atomic mass is 10.1. The molecule has 0 aromatic carbocycles. The van der Waals surface area contributed by atoms with Crippen LogP contribution in [0.1, 0.15) is 26.2 Å². The first kappa shape index (κ1) is 10.2. The Hall–Kier alpha value is -0.280. The topological polar surface area (TPSA) is 32.3 Å². The first-order valence-corrected chi connectivity index (χ1v) is 5.58. The van der Waals surface area contributed by atoms with E-state index in [-0.39, 0.29) is 10.8 Å². The van der Waals surface area contributed by atoms with Crippen LogP contribution in [-0.2, 0) is 4.79 Å². The molecule has 1 aliphatic carbocycles. The quantitative estimate of drug-likeness (QED) is 0.713. The zero-order valence-electron chi connectivity index (χ0n) is 8.72. The van der Waals surface area contributed by atoms with Gasteiger partial charge in [0.1, 0.15) is 0 Å². The Labute approximate surface area is 89.8 Å². The number of halogens is 1. The normalized spacial score (nSPS) is 32.1. The van der Waals surface area contributed by atoms with Gasteiger partial charge in [-0.1, -0.05) is 0 Å². The van der Waals surface area contributed by atoms with Gasteiger partial charge in [-0.3, -0.25) is 4.79 Å². The summed E-state index contributed by atoms with van der Waals surface area (Å²) in [5.41, 5.74) is 0. The Balaban J connectivity index is 1.84. The molecule has 1 amide bonds. The first-order chi connectivity index (χ1) is 6.51. The summed E-state index contributed by atoms with van der Waals surface area (Å²) in [5, 5.41) is 3.45. The fourth-order valence-corrected chi connectivity index (χ4v) is 2.19. The van der Waals surface area contributed by atoms with Gasteiger partial charge in [-0.25, -0.2) is 0 Å². The van der Waals surface area contributed by atoms with E-state index >= 15 is 0 Å². The van der Waals surface area contributed by atoms with Gasteiger partial charge in [0.05, 0.1) is 4.87 Å². The van der Waals surface area contributed by atoms with Crippen LogP contribution in [-0.4, -0.2) is 41.4 Å². The molecule has 3 nitrogen and oxygen atoms in total. The highest BCUT2D eigenvalue weighted by molar-refractivity contribution is 6.26. The molecule has 1 saturated carbocycles. The summed E-state index contributed by atoms with van der Waals surface area (Å²) in [6.45, 7) is 2.93. The third-order valence-electron chi connectivity index (χ3n) is 3.33. The zero-order chi connectivity index (χ0) is 10.3. The number of carbonyl (C=O) groups is 1. The summed E-state index contributed by atoms with van der Waals surface area (Å²) >= 11 is 6.28. The molecule has 2 aliphatic rings. The van der Waals surface area contributed by atoms with Gasteiger partial charge in [0.25, 0.3) is 0 Å². The van der Waals surface area contributed by atoms with E-state index in [1.807, 2.05) is 7.05 Å². The molecule has 1 N–H and O–H groups in total. The summed E-state index contributed by atoms with van der Waals surface area (Å²) in [6.07, 6.45) is 2.81. The van der Waals surface area contributed by atoms with Gasteiger partial charge >= 0.3 is 0 Å². The molecule has 2 unspecified atom stereocenters. The predicted octanol–water partition coefficient (Wildman–Crippen LogP) is 0.967. The van der Waals surface area contributed by atoms with Crippen molar-refractivity contribution in [3.05, 3.63) is 0 Å². The Morgan fingerprint density at radius 2 is 2.29 bits per heavy atom. The minimum absolute atomic E-state index is 0.0236. The van der Waals surface area contributed by atoms with Crippen LogP contribution in [0.15, 0.2) is 0 Å². The van der Waals surface area contributed by atoms with E-state index in [2.05, 4.69) is 12.2 Å². The van der Waals surface area contributed by atoms with Crippen LogP contribution in [0.2, 0.25) is 0 Å². The van der Waals surface area contributed by atoms with Crippen LogP contribution >= 0.6 is 11.6 Å². The Kier molecular flexibility index (Phi) is 2.48. The standard InChI is InChI=1S/C10H17ClN2O/c1-7(10(11)3-4-10)12-8-5-9(14)13(2)6-8/h7-8,12H,3-6H2,1-2H3. The highest BCUT2D eigenvalue weighted by Gasteiger charge is 2.46. The molecule has 2 fully saturated rings. The molecule has 1 aliphatic heterocycles. The number of rotatable bonds is 3. The molecule has 0 radical (unpaired) electrons. The van der Waals surface area contributed by atoms with Gasteiger partial charge in [-0.05, 0) is 19.8 Å². The Morgan fingerprint density at radius 1 is 1.64 bits per heavy atom. The largest absolute Gasteiger partial charge is 0.344 e. The van der Waals surface area contributed by atoms with Crippen LogP contribution in [0.25, 0.3) is 0 Å². The summed E-state index contributed by atoms with van der Waals surface area (Å²) in [4.78, 5) is 13.0. The van der Waals surface area contributed by atoms with Crippen LogP contribution in [0.5, 0.6) is 0 Å². The van der Waals surface area contributed by atoms with Gasteiger partial charge in [-0.15, -0.1) is 11.6 Å². The number of alkyl halides is 1. The molecule has 0 bridgehead atoms. The molecular formula is C10H17ClN2O. The van der Waals surface area contributed by atoms with Crippen LogP contribution in [0.3, 0.4) is 0 Å². The van der Waals surface area contributed by atoms with Crippen LogP contribution < -0.4 is 5.32 Å². The molecule has 1 saturated heterocycles. The lowest BCUT2D eigenvalue weighted by Gasteiger charge is -2.22. The maximum Gasteiger partial charge on any atom is 0.224 e. The molecule has 0 spiro atoms. The van der Waals surface area contributed by atoms with E-state index in [9.17, 15) is 4.79 Å². The summed E-state index contributed by atoms with van der Waals surface area (Å²) in [6, 6.07) is 0.604. The van der Waals surface area contributed by atoms with Crippen LogP contribution in [0, 0.1) is 0 Å². The Bertz CT molecular complexity index is 253. The SMILES string of the molecule is CC(NC1CC(=O)N(C)C1)C1(Cl)CC1. The number of amides is 1. The number of carbonyl (C=O) groups excluding carboxylic acids is 1. The van der Waals surface area contributed by atoms with E-state index in [1.165, 1.54) is 0 Å². The monoisotopic (exact) mass is 216 g/mol. The number of likely N-dealkylation sites (N-methyl/N-ethyl adjacent to an activating group) is 1. The lowest BCUT2D eigenvalue weighted by Crippen LogP contribution is -2.43. The third-order valence-corrected chi connectivity index (χ3v) is 4.04. The van der Waals surface area contributed by atoms with Gasteiger partial charge < -0.3 is 10.2 Å². The number of nitrogens with one attached hydrogen (secondary N) is 1. The van der Waals surface area contributed by atoms with Crippen molar-refractivity contribution in [2.24, 2.45) is 0 Å². The smallest absolute Gasteiger partial charge is 0.224 e. The fraction of sp³-hybridized carbons (Fsp3) is 0.900. The summed E-state index contributed by atoms with van der Waals surface area (Å²) < 4.78 is 0. The van der Waals surface area contributed by atoms with E-state index in [0.29, 0.717) is 18.5 Å². The van der Waals surface area contributed by atoms with E-state index in [0.717, 1.165) is 19.4 Å². The van der Waals surface area contributed by atoms with Gasteiger partial charge in [0.2, 0.25) is 5.91 Å². The van der Waals surface area contributed by atoms with Crippen molar-refractivity contribution in [1.82, 2.24) is 10.2 Å². The molecule has 0 aromatic heterocycles. The van der Waals surface area contributed by atoms with Crippen molar-refractivity contribution in [2.45, 2.75) is 43.1 Å². The van der Waals surface area contributed by atoms with Crippen molar-refractivity contribution in [2.75, 3.05) is 13.6 Å². The summed E-state index contributed by atoms with van der Waals surface area (Å²) in [7, 11) is 1.85. The minimum atomic E-state index is -0.0236. The average Bonchev–Trinajstić information content (AvgIpc) is 2.77. The minimum Gasteiger partial charge on any atom is -0.344 e. The molecule has 0 aromatic rings. The average molecular weight is 217 g/mol. The van der Waals surface area contributed by atoms with Crippen molar-refractivity contribution >= 4 is 17.5 Å². The molecule has 14 heavy (non-hydrogen) atoms. The van der Waals surface area contributed by atoms with Crippen molar-refractivity contribution < 1.29 is 4.79 Å². The van der Waals surface area contributed by atoms with E-state index in [4.69, 9.17) is 11.6 Å². The number of hydrogen-bond donors (Lipinski definition) is 1. The fourth-order valence-electron chi connectivity index (χ4n) is 2.03. The highest BCUT2D eigenvalue weighted by Crippen LogP contribution is 2.45. The maximum atomic E-state index is 11.3. The molecule has 2 rings (SSSR count). The van der Waals surface area contributed by atoms with Crippen LogP contribution in [0.4, 0.5) is 0 Å². The second-order valence-electron chi connectivity index (χ2n) is 4.60. The zero-order valence-corrected chi connectivity index (χ0v) is 9.47. The highest BCUT2D eigenvalue weighted by atomic mass is 35.5. The first-order valence-electron chi connectivity index (χ1n) is 5.20. The molecule has 2 atom stereocenters. The van der Waals surface area contributed by atoms with Crippen molar-refractivity contribution in [3.63, 3.8) is 0 Å². The molecule has 1 heterocycles. The molecule has 4 heteroatoms. The number of likely N-dealkylation sites (tertiary alicyclic amines) is 1. The van der Waals surface area contributed by atoms with Gasteiger partial charge in [-0.2, -0.15) is 0 Å².